The quantitative estimate of drug-likeness (QED) is 0.596. The monoisotopic (exact) mass is 382 g/mol. The van der Waals surface area contributed by atoms with Crippen LogP contribution in [-0.4, -0.2) is 43.3 Å². The summed E-state index contributed by atoms with van der Waals surface area (Å²) in [5, 5.41) is 3.37. The number of hydrogen-bond acceptors (Lipinski definition) is 6. The third-order valence-electron chi connectivity index (χ3n) is 6.09. The molecule has 6 nitrogen and oxygen atoms in total. The molecule has 3 N–H and O–H groups in total. The highest BCUT2D eigenvalue weighted by Gasteiger charge is 2.30. The molecule has 2 saturated carbocycles. The van der Waals surface area contributed by atoms with Gasteiger partial charge in [0.1, 0.15) is 6.04 Å². The van der Waals surface area contributed by atoms with E-state index in [1.165, 1.54) is 44.9 Å². The van der Waals surface area contributed by atoms with Gasteiger partial charge in [-0.15, -0.1) is 0 Å². The lowest BCUT2D eigenvalue weighted by Gasteiger charge is -2.34. The summed E-state index contributed by atoms with van der Waals surface area (Å²) in [4.78, 5) is 24.0. The second-order valence-electron chi connectivity index (χ2n) is 8.21. The lowest BCUT2D eigenvalue weighted by molar-refractivity contribution is -0.152. The van der Waals surface area contributed by atoms with E-state index in [1.54, 1.807) is 13.8 Å². The topological polar surface area (TPSA) is 90.6 Å². The number of carbonyl (C=O) groups is 2. The SMILES string of the molecule is CCOC(=O)CC(NC1CCC(CC2CCC(N)CC2)CC1)C(=O)OCC. The molecule has 0 amide bonds. The Morgan fingerprint density at radius 1 is 0.926 bits per heavy atom. The smallest absolute Gasteiger partial charge is 0.323 e. The normalized spacial score (nSPS) is 29.7. The standard InChI is InChI=1S/C21H38N2O4/c1-3-26-20(24)14-19(21(25)27-4-2)23-18-11-7-16(8-12-18)13-15-5-9-17(22)10-6-15/h15-19,23H,3-14,22H2,1-2H3. The third-order valence-corrected chi connectivity index (χ3v) is 6.09. The van der Waals surface area contributed by atoms with E-state index >= 15 is 0 Å². The predicted octanol–water partition coefficient (Wildman–Crippen LogP) is 2.93. The van der Waals surface area contributed by atoms with Crippen LogP contribution in [0.3, 0.4) is 0 Å². The Labute approximate surface area is 163 Å². The first-order chi connectivity index (χ1) is 13.0. The molecule has 2 rings (SSSR count). The molecular weight excluding hydrogens is 344 g/mol. The maximum Gasteiger partial charge on any atom is 0.323 e. The fraction of sp³-hybridized carbons (Fsp3) is 0.905. The zero-order chi connectivity index (χ0) is 19.6. The van der Waals surface area contributed by atoms with E-state index in [0.29, 0.717) is 19.3 Å². The average molecular weight is 383 g/mol. The van der Waals surface area contributed by atoms with Gasteiger partial charge < -0.3 is 20.5 Å². The first-order valence-electron chi connectivity index (χ1n) is 10.9. The molecule has 27 heavy (non-hydrogen) atoms. The van der Waals surface area contributed by atoms with Crippen molar-refractivity contribution in [1.29, 1.82) is 0 Å². The minimum Gasteiger partial charge on any atom is -0.466 e. The number of esters is 2. The van der Waals surface area contributed by atoms with E-state index in [2.05, 4.69) is 5.32 Å². The van der Waals surface area contributed by atoms with Gasteiger partial charge in [-0.05, 0) is 83.5 Å². The molecule has 1 unspecified atom stereocenters. The van der Waals surface area contributed by atoms with Crippen molar-refractivity contribution in [2.45, 2.75) is 96.2 Å². The summed E-state index contributed by atoms with van der Waals surface area (Å²) in [6.07, 6.45) is 10.8. The fourth-order valence-corrected chi connectivity index (χ4v) is 4.58. The van der Waals surface area contributed by atoms with Crippen molar-refractivity contribution in [1.82, 2.24) is 5.32 Å². The molecular formula is C21H38N2O4. The Bertz CT molecular complexity index is 455. The highest BCUT2D eigenvalue weighted by molar-refractivity contribution is 5.82. The van der Waals surface area contributed by atoms with Crippen LogP contribution >= 0.6 is 0 Å². The van der Waals surface area contributed by atoms with Gasteiger partial charge in [0.15, 0.2) is 0 Å². The van der Waals surface area contributed by atoms with E-state index in [9.17, 15) is 9.59 Å². The summed E-state index contributed by atoms with van der Waals surface area (Å²) in [6, 6.07) is 0.0793. The van der Waals surface area contributed by atoms with Crippen molar-refractivity contribution in [3.63, 3.8) is 0 Å². The molecule has 0 spiro atoms. The number of hydrogen-bond donors (Lipinski definition) is 2. The van der Waals surface area contributed by atoms with E-state index < -0.39 is 6.04 Å². The molecule has 0 heterocycles. The Balaban J connectivity index is 1.76. The Kier molecular flexibility index (Phi) is 9.56. The molecule has 6 heteroatoms. The van der Waals surface area contributed by atoms with Crippen LogP contribution in [0.2, 0.25) is 0 Å². The van der Waals surface area contributed by atoms with Crippen LogP contribution in [0.1, 0.15) is 78.1 Å². The summed E-state index contributed by atoms with van der Waals surface area (Å²) >= 11 is 0. The molecule has 0 aliphatic heterocycles. The van der Waals surface area contributed by atoms with Crippen LogP contribution in [0.25, 0.3) is 0 Å². The highest BCUT2D eigenvalue weighted by atomic mass is 16.5. The molecule has 0 aromatic carbocycles. The molecule has 2 aliphatic carbocycles. The number of rotatable bonds is 9. The zero-order valence-electron chi connectivity index (χ0n) is 17.1. The van der Waals surface area contributed by atoms with Crippen molar-refractivity contribution in [2.24, 2.45) is 17.6 Å². The van der Waals surface area contributed by atoms with Gasteiger partial charge in [-0.2, -0.15) is 0 Å². The Hall–Kier alpha value is -1.14. The zero-order valence-corrected chi connectivity index (χ0v) is 17.1. The number of carbonyl (C=O) groups excluding carboxylic acids is 2. The molecule has 2 fully saturated rings. The molecule has 0 bridgehead atoms. The van der Waals surface area contributed by atoms with E-state index in [1.807, 2.05) is 0 Å². The Morgan fingerprint density at radius 3 is 2.04 bits per heavy atom. The summed E-state index contributed by atoms with van der Waals surface area (Å²) in [6.45, 7) is 4.19. The van der Waals surface area contributed by atoms with Gasteiger partial charge in [0, 0.05) is 12.1 Å². The van der Waals surface area contributed by atoms with Crippen molar-refractivity contribution in [2.75, 3.05) is 13.2 Å². The first kappa shape index (κ1) is 22.2. The van der Waals surface area contributed by atoms with Gasteiger partial charge in [-0.25, -0.2) is 0 Å². The molecule has 0 aromatic rings. The summed E-state index contributed by atoms with van der Waals surface area (Å²) in [5.41, 5.74) is 6.01. The minimum atomic E-state index is -0.606. The van der Waals surface area contributed by atoms with Crippen molar-refractivity contribution < 1.29 is 19.1 Å². The predicted molar refractivity (Wildman–Crippen MR) is 105 cm³/mol. The molecule has 156 valence electrons. The molecule has 2 aliphatic rings. The second-order valence-corrected chi connectivity index (χ2v) is 8.21. The van der Waals surface area contributed by atoms with Crippen LogP contribution in [0.5, 0.6) is 0 Å². The average Bonchev–Trinajstić information content (AvgIpc) is 2.65. The van der Waals surface area contributed by atoms with Crippen LogP contribution in [0.4, 0.5) is 0 Å². The molecule has 0 saturated heterocycles. The molecule has 0 aromatic heterocycles. The van der Waals surface area contributed by atoms with Gasteiger partial charge in [-0.3, -0.25) is 9.59 Å². The fourth-order valence-electron chi connectivity index (χ4n) is 4.58. The van der Waals surface area contributed by atoms with Crippen LogP contribution < -0.4 is 11.1 Å². The molecule has 1 atom stereocenters. The number of nitrogens with one attached hydrogen (secondary N) is 1. The molecule has 0 radical (unpaired) electrons. The van der Waals surface area contributed by atoms with Crippen molar-refractivity contribution in [3.8, 4) is 0 Å². The maximum absolute atomic E-state index is 12.2. The van der Waals surface area contributed by atoms with Crippen LogP contribution in [-0.2, 0) is 19.1 Å². The first-order valence-corrected chi connectivity index (χ1v) is 10.9. The van der Waals surface area contributed by atoms with E-state index in [-0.39, 0.29) is 24.4 Å². The van der Waals surface area contributed by atoms with Gasteiger partial charge in [0.25, 0.3) is 0 Å². The van der Waals surface area contributed by atoms with Crippen LogP contribution in [0.15, 0.2) is 0 Å². The lowest BCUT2D eigenvalue weighted by Crippen LogP contribution is -2.47. The minimum absolute atomic E-state index is 0.0366. The highest BCUT2D eigenvalue weighted by Crippen LogP contribution is 2.35. The van der Waals surface area contributed by atoms with Gasteiger partial charge in [0.05, 0.1) is 19.6 Å². The Morgan fingerprint density at radius 2 is 1.48 bits per heavy atom. The van der Waals surface area contributed by atoms with Crippen molar-refractivity contribution >= 4 is 11.9 Å². The van der Waals surface area contributed by atoms with Crippen molar-refractivity contribution in [3.05, 3.63) is 0 Å². The van der Waals surface area contributed by atoms with E-state index in [4.69, 9.17) is 15.2 Å². The number of nitrogens with two attached hydrogens (primary N) is 1. The van der Waals surface area contributed by atoms with Gasteiger partial charge in [-0.1, -0.05) is 0 Å². The number of ether oxygens (including phenoxy) is 2. The second kappa shape index (κ2) is 11.6. The summed E-state index contributed by atoms with van der Waals surface area (Å²) in [5.74, 6) is 0.919. The lowest BCUT2D eigenvalue weighted by atomic mass is 9.76. The van der Waals surface area contributed by atoms with E-state index in [0.717, 1.165) is 24.7 Å². The summed E-state index contributed by atoms with van der Waals surface area (Å²) in [7, 11) is 0. The largest absolute Gasteiger partial charge is 0.466 e. The maximum atomic E-state index is 12.2. The van der Waals surface area contributed by atoms with Crippen LogP contribution in [0, 0.1) is 11.8 Å². The summed E-state index contributed by atoms with van der Waals surface area (Å²) < 4.78 is 10.1. The van der Waals surface area contributed by atoms with Gasteiger partial charge >= 0.3 is 11.9 Å². The van der Waals surface area contributed by atoms with Gasteiger partial charge in [0.2, 0.25) is 0 Å². The third kappa shape index (κ3) is 7.78.